The maximum absolute atomic E-state index is 10.5. The van der Waals surface area contributed by atoms with Gasteiger partial charge in [0.2, 0.25) is 0 Å². The lowest BCUT2D eigenvalue weighted by Crippen LogP contribution is -1.98. The quantitative estimate of drug-likeness (QED) is 0.557. The zero-order valence-electron chi connectivity index (χ0n) is 10.0. The highest BCUT2D eigenvalue weighted by atomic mass is 16.1. The summed E-state index contributed by atoms with van der Waals surface area (Å²) in [6, 6.07) is 6.81. The van der Waals surface area contributed by atoms with Gasteiger partial charge in [-0.1, -0.05) is 31.5 Å². The van der Waals surface area contributed by atoms with E-state index in [4.69, 9.17) is 0 Å². The van der Waals surface area contributed by atoms with Crippen molar-refractivity contribution in [3.63, 3.8) is 0 Å². The van der Waals surface area contributed by atoms with Gasteiger partial charge in [0.25, 0.3) is 0 Å². The van der Waals surface area contributed by atoms with E-state index in [1.54, 1.807) is 0 Å². The molecular formula is C15H20O. The first kappa shape index (κ1) is 11.4. The molecule has 1 aromatic rings. The molecule has 1 heteroatoms. The lowest BCUT2D eigenvalue weighted by molar-refractivity contribution is -0.108. The zero-order chi connectivity index (χ0) is 11.4. The summed E-state index contributed by atoms with van der Waals surface area (Å²) in [5.74, 6) is 0.367. The number of aldehydes is 1. The van der Waals surface area contributed by atoms with Crippen molar-refractivity contribution >= 4 is 6.29 Å². The van der Waals surface area contributed by atoms with Crippen LogP contribution in [0.25, 0.3) is 0 Å². The summed E-state index contributed by atoms with van der Waals surface area (Å²) in [5, 5.41) is 0. The molecular weight excluding hydrogens is 196 g/mol. The van der Waals surface area contributed by atoms with Crippen LogP contribution in [0.5, 0.6) is 0 Å². The van der Waals surface area contributed by atoms with Gasteiger partial charge in [-0.15, -0.1) is 0 Å². The molecule has 16 heavy (non-hydrogen) atoms. The monoisotopic (exact) mass is 216 g/mol. The van der Waals surface area contributed by atoms with Crippen molar-refractivity contribution in [3.05, 3.63) is 34.9 Å². The number of hydrogen-bond donors (Lipinski definition) is 0. The van der Waals surface area contributed by atoms with Crippen molar-refractivity contribution in [2.45, 2.75) is 51.4 Å². The molecule has 0 bridgehead atoms. The minimum absolute atomic E-state index is 0.367. The summed E-state index contributed by atoms with van der Waals surface area (Å²) in [4.78, 5) is 10.5. The Morgan fingerprint density at radius 2 is 1.94 bits per heavy atom. The molecule has 0 aromatic heterocycles. The van der Waals surface area contributed by atoms with Crippen molar-refractivity contribution < 1.29 is 4.79 Å². The molecule has 2 rings (SSSR count). The largest absolute Gasteiger partial charge is 0.303 e. The first-order chi connectivity index (χ1) is 7.81. The molecule has 0 radical (unpaired) electrons. The van der Waals surface area contributed by atoms with Crippen molar-refractivity contribution in [2.24, 2.45) is 0 Å². The zero-order valence-corrected chi connectivity index (χ0v) is 10.0. The molecule has 1 aliphatic rings. The maximum Gasteiger partial charge on any atom is 0.120 e. The second kappa shape index (κ2) is 5.29. The van der Waals surface area contributed by atoms with Crippen LogP contribution in [0.2, 0.25) is 0 Å². The minimum atomic E-state index is 0.367. The molecule has 0 heterocycles. The Morgan fingerprint density at radius 1 is 1.19 bits per heavy atom. The lowest BCUT2D eigenvalue weighted by atomic mass is 9.93. The smallest absolute Gasteiger partial charge is 0.120 e. The molecule has 1 unspecified atom stereocenters. The van der Waals surface area contributed by atoms with Gasteiger partial charge >= 0.3 is 0 Å². The van der Waals surface area contributed by atoms with Crippen LogP contribution in [0.3, 0.4) is 0 Å². The molecule has 1 atom stereocenters. The fourth-order valence-corrected chi connectivity index (χ4v) is 2.52. The number of benzene rings is 1. The van der Waals surface area contributed by atoms with E-state index in [0.717, 1.165) is 6.29 Å². The van der Waals surface area contributed by atoms with E-state index in [9.17, 15) is 4.79 Å². The standard InChI is InChI=1S/C15H20O/c1-12(9-10-16)14-8-7-13-5-3-2-4-6-15(13)11-14/h7-8,10-12H,2-6,9H2,1H3. The Hall–Kier alpha value is -1.11. The van der Waals surface area contributed by atoms with Crippen LogP contribution in [0.15, 0.2) is 18.2 Å². The fraction of sp³-hybridized carbons (Fsp3) is 0.533. The van der Waals surface area contributed by atoms with Gasteiger partial charge in [-0.2, -0.15) is 0 Å². The van der Waals surface area contributed by atoms with Crippen LogP contribution in [-0.2, 0) is 17.6 Å². The predicted molar refractivity (Wildman–Crippen MR) is 66.8 cm³/mol. The van der Waals surface area contributed by atoms with Gasteiger partial charge in [0.1, 0.15) is 6.29 Å². The molecule has 1 nitrogen and oxygen atoms in total. The van der Waals surface area contributed by atoms with Gasteiger partial charge in [0.05, 0.1) is 0 Å². The second-order valence-corrected chi connectivity index (χ2v) is 4.89. The van der Waals surface area contributed by atoms with Gasteiger partial charge in [-0.25, -0.2) is 0 Å². The molecule has 0 spiro atoms. The molecule has 1 aromatic carbocycles. The molecule has 0 fully saturated rings. The Kier molecular flexibility index (Phi) is 3.76. The second-order valence-electron chi connectivity index (χ2n) is 4.89. The number of fused-ring (bicyclic) bond motifs is 1. The highest BCUT2D eigenvalue weighted by Gasteiger charge is 2.11. The number of rotatable bonds is 3. The Morgan fingerprint density at radius 3 is 2.69 bits per heavy atom. The van der Waals surface area contributed by atoms with E-state index in [1.807, 2.05) is 0 Å². The van der Waals surface area contributed by atoms with Gasteiger partial charge in [0.15, 0.2) is 0 Å². The Labute approximate surface area is 97.9 Å². The average Bonchev–Trinajstić information content (AvgIpc) is 2.53. The third kappa shape index (κ3) is 2.52. The molecule has 0 N–H and O–H groups in total. The van der Waals surface area contributed by atoms with Gasteiger partial charge in [-0.3, -0.25) is 0 Å². The summed E-state index contributed by atoms with van der Waals surface area (Å²) in [7, 11) is 0. The summed E-state index contributed by atoms with van der Waals surface area (Å²) >= 11 is 0. The van der Waals surface area contributed by atoms with E-state index < -0.39 is 0 Å². The maximum atomic E-state index is 10.5. The first-order valence-corrected chi connectivity index (χ1v) is 6.36. The third-order valence-corrected chi connectivity index (χ3v) is 3.64. The van der Waals surface area contributed by atoms with Crippen LogP contribution < -0.4 is 0 Å². The number of hydrogen-bond acceptors (Lipinski definition) is 1. The van der Waals surface area contributed by atoms with Gasteiger partial charge in [-0.05, 0) is 48.3 Å². The highest BCUT2D eigenvalue weighted by molar-refractivity contribution is 5.51. The minimum Gasteiger partial charge on any atom is -0.303 e. The molecule has 1 aliphatic carbocycles. The fourth-order valence-electron chi connectivity index (χ4n) is 2.52. The van der Waals surface area contributed by atoms with Crippen LogP contribution in [0, 0.1) is 0 Å². The normalized spacial score (nSPS) is 17.3. The molecule has 0 saturated heterocycles. The van der Waals surface area contributed by atoms with Crippen LogP contribution in [0.4, 0.5) is 0 Å². The van der Waals surface area contributed by atoms with E-state index in [-0.39, 0.29) is 0 Å². The SMILES string of the molecule is CC(CC=O)c1ccc2c(c1)CCCCC2. The van der Waals surface area contributed by atoms with E-state index in [0.29, 0.717) is 12.3 Å². The summed E-state index contributed by atoms with van der Waals surface area (Å²) in [5.41, 5.74) is 4.38. The van der Waals surface area contributed by atoms with Gasteiger partial charge < -0.3 is 4.79 Å². The van der Waals surface area contributed by atoms with Crippen molar-refractivity contribution in [1.29, 1.82) is 0 Å². The molecule has 0 saturated carbocycles. The number of aryl methyl sites for hydroxylation is 2. The van der Waals surface area contributed by atoms with E-state index in [2.05, 4.69) is 25.1 Å². The van der Waals surface area contributed by atoms with Crippen LogP contribution >= 0.6 is 0 Å². The topological polar surface area (TPSA) is 17.1 Å². The number of carbonyl (C=O) groups is 1. The molecule has 0 aliphatic heterocycles. The molecule has 86 valence electrons. The highest BCUT2D eigenvalue weighted by Crippen LogP contribution is 2.25. The Balaban J connectivity index is 2.23. The van der Waals surface area contributed by atoms with Crippen LogP contribution in [0.1, 0.15) is 55.2 Å². The summed E-state index contributed by atoms with van der Waals surface area (Å²) in [6.45, 7) is 2.13. The van der Waals surface area contributed by atoms with Crippen molar-refractivity contribution in [1.82, 2.24) is 0 Å². The average molecular weight is 216 g/mol. The first-order valence-electron chi connectivity index (χ1n) is 6.36. The van der Waals surface area contributed by atoms with E-state index >= 15 is 0 Å². The Bertz CT molecular complexity index is 368. The number of carbonyl (C=O) groups excluding carboxylic acids is 1. The van der Waals surface area contributed by atoms with Gasteiger partial charge in [0, 0.05) is 6.42 Å². The van der Waals surface area contributed by atoms with Crippen molar-refractivity contribution in [2.75, 3.05) is 0 Å². The summed E-state index contributed by atoms with van der Waals surface area (Å²) < 4.78 is 0. The molecule has 0 amide bonds. The van der Waals surface area contributed by atoms with Crippen molar-refractivity contribution in [3.8, 4) is 0 Å². The summed E-state index contributed by atoms with van der Waals surface area (Å²) in [6.07, 6.45) is 8.12. The third-order valence-electron chi connectivity index (χ3n) is 3.64. The lowest BCUT2D eigenvalue weighted by Gasteiger charge is -2.12. The van der Waals surface area contributed by atoms with E-state index in [1.165, 1.54) is 48.8 Å². The van der Waals surface area contributed by atoms with Crippen LogP contribution in [-0.4, -0.2) is 6.29 Å². The predicted octanol–water partition coefficient (Wildman–Crippen LogP) is 3.65.